The zero-order valence-electron chi connectivity index (χ0n) is 10.0. The lowest BCUT2D eigenvalue weighted by atomic mass is 10.2. The van der Waals surface area contributed by atoms with Gasteiger partial charge in [-0.1, -0.05) is 49.1 Å². The molecular formula is C13H17ClN2S. The van der Waals surface area contributed by atoms with Crippen LogP contribution in [0.25, 0.3) is 10.2 Å². The van der Waals surface area contributed by atoms with E-state index in [2.05, 4.69) is 17.2 Å². The van der Waals surface area contributed by atoms with Gasteiger partial charge in [0.25, 0.3) is 0 Å². The highest BCUT2D eigenvalue weighted by atomic mass is 35.5. The van der Waals surface area contributed by atoms with Gasteiger partial charge in [-0.25, -0.2) is 4.98 Å². The summed E-state index contributed by atoms with van der Waals surface area (Å²) in [5, 5.41) is 5.15. The van der Waals surface area contributed by atoms with Crippen LogP contribution in [0, 0.1) is 0 Å². The van der Waals surface area contributed by atoms with Crippen molar-refractivity contribution >= 4 is 38.3 Å². The lowest BCUT2D eigenvalue weighted by Gasteiger charge is -2.00. The molecule has 0 saturated heterocycles. The monoisotopic (exact) mass is 268 g/mol. The topological polar surface area (TPSA) is 24.9 Å². The van der Waals surface area contributed by atoms with Gasteiger partial charge in [0, 0.05) is 11.6 Å². The molecule has 92 valence electrons. The fourth-order valence-electron chi connectivity index (χ4n) is 1.72. The Balaban J connectivity index is 1.91. The van der Waals surface area contributed by atoms with Crippen LogP contribution in [0.1, 0.15) is 32.6 Å². The van der Waals surface area contributed by atoms with E-state index in [0.29, 0.717) is 0 Å². The molecule has 0 bridgehead atoms. The van der Waals surface area contributed by atoms with E-state index in [-0.39, 0.29) is 0 Å². The van der Waals surface area contributed by atoms with Crippen LogP contribution in [0.3, 0.4) is 0 Å². The number of benzene rings is 1. The summed E-state index contributed by atoms with van der Waals surface area (Å²) in [5.74, 6) is 0. The summed E-state index contributed by atoms with van der Waals surface area (Å²) in [4.78, 5) is 4.52. The van der Waals surface area contributed by atoms with E-state index in [1.165, 1.54) is 25.7 Å². The third kappa shape index (κ3) is 3.58. The highest BCUT2D eigenvalue weighted by Gasteiger charge is 2.03. The molecule has 0 aliphatic rings. The molecule has 17 heavy (non-hydrogen) atoms. The average molecular weight is 269 g/mol. The van der Waals surface area contributed by atoms with Crippen molar-refractivity contribution in [2.45, 2.75) is 32.6 Å². The number of rotatable bonds is 6. The van der Waals surface area contributed by atoms with Gasteiger partial charge in [-0.05, 0) is 24.6 Å². The smallest absolute Gasteiger partial charge is 0.183 e. The summed E-state index contributed by atoms with van der Waals surface area (Å²) >= 11 is 7.62. The first-order valence-corrected chi connectivity index (χ1v) is 7.29. The van der Waals surface area contributed by atoms with Crippen molar-refractivity contribution in [1.29, 1.82) is 0 Å². The quantitative estimate of drug-likeness (QED) is 0.751. The zero-order chi connectivity index (χ0) is 12.1. The Labute approximate surface area is 111 Å². The van der Waals surface area contributed by atoms with Crippen LogP contribution in [0.5, 0.6) is 0 Å². The second kappa shape index (κ2) is 6.22. The molecule has 1 aromatic heterocycles. The second-order valence-corrected chi connectivity index (χ2v) is 5.59. The molecule has 0 radical (unpaired) electrons. The highest BCUT2D eigenvalue weighted by molar-refractivity contribution is 7.22. The minimum Gasteiger partial charge on any atom is -0.361 e. The molecule has 4 heteroatoms. The van der Waals surface area contributed by atoms with Gasteiger partial charge < -0.3 is 5.32 Å². The summed E-state index contributed by atoms with van der Waals surface area (Å²) in [6.45, 7) is 3.23. The van der Waals surface area contributed by atoms with Crippen molar-refractivity contribution in [2.75, 3.05) is 11.9 Å². The van der Waals surface area contributed by atoms with E-state index >= 15 is 0 Å². The molecule has 0 aliphatic carbocycles. The van der Waals surface area contributed by atoms with Crippen LogP contribution in [-0.4, -0.2) is 11.5 Å². The molecule has 0 saturated carbocycles. The Morgan fingerprint density at radius 3 is 3.00 bits per heavy atom. The number of aromatic nitrogens is 1. The van der Waals surface area contributed by atoms with Crippen LogP contribution in [0.4, 0.5) is 5.13 Å². The normalized spacial score (nSPS) is 10.9. The Kier molecular flexibility index (Phi) is 4.63. The maximum Gasteiger partial charge on any atom is 0.183 e. The average Bonchev–Trinajstić information content (AvgIpc) is 2.70. The van der Waals surface area contributed by atoms with Crippen molar-refractivity contribution in [2.24, 2.45) is 0 Å². The lowest BCUT2D eigenvalue weighted by Crippen LogP contribution is -2.00. The van der Waals surface area contributed by atoms with Crippen molar-refractivity contribution in [3.05, 3.63) is 23.2 Å². The number of unbranched alkanes of at least 4 members (excludes halogenated alkanes) is 3. The predicted octanol–water partition coefficient (Wildman–Crippen LogP) is 4.94. The van der Waals surface area contributed by atoms with Gasteiger partial charge in [0.05, 0.1) is 10.2 Å². The first-order chi connectivity index (χ1) is 8.29. The van der Waals surface area contributed by atoms with E-state index in [4.69, 9.17) is 11.6 Å². The van der Waals surface area contributed by atoms with Crippen molar-refractivity contribution in [3.8, 4) is 0 Å². The van der Waals surface area contributed by atoms with E-state index < -0.39 is 0 Å². The SMILES string of the molecule is CCCCCCNc1nc2ccc(Cl)cc2s1. The summed E-state index contributed by atoms with van der Waals surface area (Å²) in [5.41, 5.74) is 1.02. The molecule has 0 unspecified atom stereocenters. The molecule has 2 rings (SSSR count). The third-order valence-corrected chi connectivity index (χ3v) is 3.87. The minimum absolute atomic E-state index is 0.774. The molecule has 0 atom stereocenters. The van der Waals surface area contributed by atoms with Gasteiger partial charge in [0.15, 0.2) is 5.13 Å². The second-order valence-electron chi connectivity index (χ2n) is 4.12. The number of nitrogens with one attached hydrogen (secondary N) is 1. The number of fused-ring (bicyclic) bond motifs is 1. The number of halogens is 1. The Bertz CT molecular complexity index is 481. The zero-order valence-corrected chi connectivity index (χ0v) is 11.6. The van der Waals surface area contributed by atoms with Gasteiger partial charge in [-0.2, -0.15) is 0 Å². The predicted molar refractivity (Wildman–Crippen MR) is 77.3 cm³/mol. The minimum atomic E-state index is 0.774. The molecule has 0 spiro atoms. The Morgan fingerprint density at radius 1 is 1.29 bits per heavy atom. The number of hydrogen-bond acceptors (Lipinski definition) is 3. The van der Waals surface area contributed by atoms with Gasteiger partial charge in [0.2, 0.25) is 0 Å². The number of anilines is 1. The van der Waals surface area contributed by atoms with Crippen LogP contribution in [0.15, 0.2) is 18.2 Å². The standard InChI is InChI=1S/C13H17ClN2S/c1-2-3-4-5-8-15-13-16-11-7-6-10(14)9-12(11)17-13/h6-7,9H,2-5,8H2,1H3,(H,15,16). The summed E-state index contributed by atoms with van der Waals surface area (Å²) in [6.07, 6.45) is 5.10. The fourth-order valence-corrected chi connectivity index (χ4v) is 2.89. The van der Waals surface area contributed by atoms with Gasteiger partial charge >= 0.3 is 0 Å². The third-order valence-electron chi connectivity index (χ3n) is 2.66. The van der Waals surface area contributed by atoms with Gasteiger partial charge in [-0.15, -0.1) is 0 Å². The maximum atomic E-state index is 5.95. The van der Waals surface area contributed by atoms with Crippen molar-refractivity contribution < 1.29 is 0 Å². The molecule has 1 heterocycles. The molecule has 2 nitrogen and oxygen atoms in total. The van der Waals surface area contributed by atoms with E-state index in [0.717, 1.165) is 26.9 Å². The largest absolute Gasteiger partial charge is 0.361 e. The van der Waals surface area contributed by atoms with E-state index in [9.17, 15) is 0 Å². The van der Waals surface area contributed by atoms with Crippen LogP contribution >= 0.6 is 22.9 Å². The first-order valence-electron chi connectivity index (χ1n) is 6.09. The number of nitrogens with zero attached hydrogens (tertiary/aromatic N) is 1. The molecule has 2 aromatic rings. The summed E-state index contributed by atoms with van der Waals surface area (Å²) < 4.78 is 1.15. The maximum absolute atomic E-state index is 5.95. The van der Waals surface area contributed by atoms with Crippen LogP contribution in [-0.2, 0) is 0 Å². The van der Waals surface area contributed by atoms with E-state index in [1.54, 1.807) is 11.3 Å². The summed E-state index contributed by atoms with van der Waals surface area (Å²) in [6, 6.07) is 5.82. The van der Waals surface area contributed by atoms with Crippen molar-refractivity contribution in [1.82, 2.24) is 4.98 Å². The molecule has 1 N–H and O–H groups in total. The molecule has 1 aromatic carbocycles. The Morgan fingerprint density at radius 2 is 2.18 bits per heavy atom. The van der Waals surface area contributed by atoms with Gasteiger partial charge in [-0.3, -0.25) is 0 Å². The number of thiazole rings is 1. The molecule has 0 fully saturated rings. The first kappa shape index (κ1) is 12.7. The molecular weight excluding hydrogens is 252 g/mol. The summed E-state index contributed by atoms with van der Waals surface area (Å²) in [7, 11) is 0. The van der Waals surface area contributed by atoms with Crippen LogP contribution < -0.4 is 5.32 Å². The lowest BCUT2D eigenvalue weighted by molar-refractivity contribution is 0.685. The van der Waals surface area contributed by atoms with E-state index in [1.807, 2.05) is 18.2 Å². The Hall–Kier alpha value is -0.800. The molecule has 0 amide bonds. The van der Waals surface area contributed by atoms with Crippen LogP contribution in [0.2, 0.25) is 5.02 Å². The van der Waals surface area contributed by atoms with Crippen molar-refractivity contribution in [3.63, 3.8) is 0 Å². The fraction of sp³-hybridized carbons (Fsp3) is 0.462. The van der Waals surface area contributed by atoms with Gasteiger partial charge in [0.1, 0.15) is 0 Å². The molecule has 0 aliphatic heterocycles. The highest BCUT2D eigenvalue weighted by Crippen LogP contribution is 2.28. The number of hydrogen-bond donors (Lipinski definition) is 1.